The standard InChI is InChI=1S/C26H18F3N3O3S/c1-15(33)10-24-32-21-8-9-22(20(14-30)25(21)36-24)35-19-7-3-6-18(13-19)31-23(34)12-16-4-2-5-17(11-16)26(27,28)29/h2-9,11,13H,10,12H2,1H3,(H,31,34). The Morgan fingerprint density at radius 2 is 1.86 bits per heavy atom. The first-order valence-electron chi connectivity index (χ1n) is 10.7. The number of aromatic nitrogens is 1. The second-order valence-corrected chi connectivity index (χ2v) is 9.02. The Morgan fingerprint density at radius 1 is 1.08 bits per heavy atom. The van der Waals surface area contributed by atoms with E-state index in [0.29, 0.717) is 26.7 Å². The Morgan fingerprint density at radius 3 is 2.58 bits per heavy atom. The normalized spacial score (nSPS) is 11.2. The molecular formula is C26H18F3N3O3S. The number of fused-ring (bicyclic) bond motifs is 1. The molecule has 0 unspecified atom stereocenters. The van der Waals surface area contributed by atoms with Crippen LogP contribution >= 0.6 is 11.3 Å². The number of hydrogen-bond donors (Lipinski definition) is 1. The summed E-state index contributed by atoms with van der Waals surface area (Å²) in [6, 6.07) is 16.5. The summed E-state index contributed by atoms with van der Waals surface area (Å²) in [7, 11) is 0. The number of carbonyl (C=O) groups is 2. The Hall–Kier alpha value is -4.23. The van der Waals surface area contributed by atoms with Crippen LogP contribution in [0.1, 0.15) is 28.6 Å². The van der Waals surface area contributed by atoms with Crippen LogP contribution in [0.2, 0.25) is 0 Å². The third kappa shape index (κ3) is 5.87. The Labute approximate surface area is 208 Å². The number of anilines is 1. The second-order valence-electron chi connectivity index (χ2n) is 7.94. The SMILES string of the molecule is CC(=O)Cc1nc2ccc(Oc3cccc(NC(=O)Cc4cccc(C(F)(F)F)c4)c3)c(C#N)c2s1. The molecule has 1 aromatic heterocycles. The number of benzene rings is 3. The van der Waals surface area contributed by atoms with Crippen molar-refractivity contribution in [3.8, 4) is 17.6 Å². The lowest BCUT2D eigenvalue weighted by molar-refractivity contribution is -0.137. The quantitative estimate of drug-likeness (QED) is 0.316. The van der Waals surface area contributed by atoms with E-state index in [9.17, 15) is 28.0 Å². The summed E-state index contributed by atoms with van der Waals surface area (Å²) in [5.74, 6) is 0.107. The molecule has 3 aromatic carbocycles. The number of nitrogens with one attached hydrogen (secondary N) is 1. The zero-order valence-corrected chi connectivity index (χ0v) is 19.7. The van der Waals surface area contributed by atoms with Crippen molar-refractivity contribution in [3.05, 3.63) is 82.4 Å². The molecule has 10 heteroatoms. The highest BCUT2D eigenvalue weighted by Crippen LogP contribution is 2.35. The van der Waals surface area contributed by atoms with Gasteiger partial charge in [0.15, 0.2) is 0 Å². The maximum atomic E-state index is 12.9. The predicted octanol–water partition coefficient (Wildman–Crippen LogP) is 6.29. The zero-order valence-electron chi connectivity index (χ0n) is 18.8. The number of nitrogens with zero attached hydrogens (tertiary/aromatic N) is 2. The molecule has 0 spiro atoms. The minimum atomic E-state index is -4.49. The van der Waals surface area contributed by atoms with Crippen LogP contribution in [0.3, 0.4) is 0 Å². The molecular weight excluding hydrogens is 491 g/mol. The lowest BCUT2D eigenvalue weighted by atomic mass is 10.1. The summed E-state index contributed by atoms with van der Waals surface area (Å²) in [4.78, 5) is 28.2. The minimum absolute atomic E-state index is 0.0315. The maximum absolute atomic E-state index is 12.9. The van der Waals surface area contributed by atoms with E-state index in [2.05, 4.69) is 16.4 Å². The predicted molar refractivity (Wildman–Crippen MR) is 129 cm³/mol. The maximum Gasteiger partial charge on any atom is 0.416 e. The molecule has 0 saturated carbocycles. The number of carbonyl (C=O) groups excluding carboxylic acids is 2. The molecule has 6 nitrogen and oxygen atoms in total. The number of nitriles is 1. The molecule has 0 aliphatic carbocycles. The van der Waals surface area contributed by atoms with Gasteiger partial charge in [-0.25, -0.2) is 4.98 Å². The molecule has 4 aromatic rings. The molecule has 0 aliphatic heterocycles. The van der Waals surface area contributed by atoms with E-state index < -0.39 is 17.6 Å². The molecule has 0 fully saturated rings. The first-order chi connectivity index (χ1) is 17.1. The molecule has 1 N–H and O–H groups in total. The van der Waals surface area contributed by atoms with Crippen LogP contribution in [0.5, 0.6) is 11.5 Å². The van der Waals surface area contributed by atoms with E-state index in [0.717, 1.165) is 12.1 Å². The summed E-state index contributed by atoms with van der Waals surface area (Å²) >= 11 is 1.25. The van der Waals surface area contributed by atoms with Crippen LogP contribution in [-0.4, -0.2) is 16.7 Å². The van der Waals surface area contributed by atoms with Gasteiger partial charge in [0.1, 0.15) is 33.9 Å². The summed E-state index contributed by atoms with van der Waals surface area (Å²) in [5.41, 5.74) is 0.665. The van der Waals surface area contributed by atoms with Crippen molar-refractivity contribution in [1.29, 1.82) is 5.26 Å². The van der Waals surface area contributed by atoms with Gasteiger partial charge in [-0.3, -0.25) is 9.59 Å². The fraction of sp³-hybridized carbons (Fsp3) is 0.154. The van der Waals surface area contributed by atoms with Crippen LogP contribution in [0.15, 0.2) is 60.7 Å². The van der Waals surface area contributed by atoms with Crippen LogP contribution in [0.4, 0.5) is 18.9 Å². The molecule has 182 valence electrons. The van der Waals surface area contributed by atoms with E-state index in [1.54, 1.807) is 36.4 Å². The highest BCUT2D eigenvalue weighted by atomic mass is 32.1. The van der Waals surface area contributed by atoms with E-state index >= 15 is 0 Å². The fourth-order valence-electron chi connectivity index (χ4n) is 3.51. The van der Waals surface area contributed by atoms with E-state index in [1.165, 1.54) is 30.4 Å². The molecule has 1 heterocycles. The van der Waals surface area contributed by atoms with E-state index in [1.807, 2.05) is 0 Å². The summed E-state index contributed by atoms with van der Waals surface area (Å²) in [5, 5.41) is 13.0. The molecule has 0 aliphatic rings. The smallest absolute Gasteiger partial charge is 0.416 e. The van der Waals surface area contributed by atoms with Gasteiger partial charge in [-0.05, 0) is 42.8 Å². The molecule has 1 amide bonds. The number of Topliss-reactive ketones (excluding diaryl/α,β-unsaturated/α-hetero) is 1. The van der Waals surface area contributed by atoms with Crippen molar-refractivity contribution in [1.82, 2.24) is 4.98 Å². The Balaban J connectivity index is 1.50. The lowest BCUT2D eigenvalue weighted by Gasteiger charge is -2.11. The van der Waals surface area contributed by atoms with Crippen molar-refractivity contribution in [2.75, 3.05) is 5.32 Å². The monoisotopic (exact) mass is 509 g/mol. The van der Waals surface area contributed by atoms with E-state index in [-0.39, 0.29) is 35.5 Å². The molecule has 0 bridgehead atoms. The molecule has 0 radical (unpaired) electrons. The minimum Gasteiger partial charge on any atom is -0.456 e. The second kappa shape index (κ2) is 10.2. The van der Waals surface area contributed by atoms with Crippen molar-refractivity contribution >= 4 is 38.9 Å². The number of ether oxygens (including phenoxy) is 1. The number of hydrogen-bond acceptors (Lipinski definition) is 6. The van der Waals surface area contributed by atoms with Gasteiger partial charge in [0, 0.05) is 11.8 Å². The average Bonchev–Trinajstić information content (AvgIpc) is 3.20. The van der Waals surface area contributed by atoms with Crippen LogP contribution < -0.4 is 10.1 Å². The van der Waals surface area contributed by atoms with E-state index in [4.69, 9.17) is 4.74 Å². The molecule has 0 atom stereocenters. The van der Waals surface area contributed by atoms with Gasteiger partial charge in [0.25, 0.3) is 0 Å². The van der Waals surface area contributed by atoms with Gasteiger partial charge in [-0.1, -0.05) is 24.3 Å². The van der Waals surface area contributed by atoms with Crippen molar-refractivity contribution in [2.24, 2.45) is 0 Å². The zero-order chi connectivity index (χ0) is 25.9. The number of halogens is 3. The number of amides is 1. The van der Waals surface area contributed by atoms with Gasteiger partial charge in [-0.2, -0.15) is 18.4 Å². The topological polar surface area (TPSA) is 92.1 Å². The van der Waals surface area contributed by atoms with Crippen LogP contribution in [0.25, 0.3) is 10.2 Å². The number of rotatable bonds is 7. The summed E-state index contributed by atoms with van der Waals surface area (Å²) in [6.45, 7) is 1.47. The lowest BCUT2D eigenvalue weighted by Crippen LogP contribution is -2.15. The van der Waals surface area contributed by atoms with Crippen molar-refractivity contribution < 1.29 is 27.5 Å². The first kappa shape index (κ1) is 24.9. The Bertz CT molecular complexity index is 1510. The third-order valence-corrected chi connectivity index (χ3v) is 6.13. The van der Waals surface area contributed by atoms with Gasteiger partial charge < -0.3 is 10.1 Å². The van der Waals surface area contributed by atoms with Gasteiger partial charge in [0.2, 0.25) is 5.91 Å². The molecule has 36 heavy (non-hydrogen) atoms. The largest absolute Gasteiger partial charge is 0.456 e. The van der Waals surface area contributed by atoms with Crippen molar-refractivity contribution in [3.63, 3.8) is 0 Å². The van der Waals surface area contributed by atoms with Crippen LogP contribution in [0, 0.1) is 11.3 Å². The highest BCUT2D eigenvalue weighted by Gasteiger charge is 2.30. The Kier molecular flexibility index (Phi) is 7.03. The number of ketones is 1. The number of thiazole rings is 1. The molecule has 4 rings (SSSR count). The molecule has 0 saturated heterocycles. The van der Waals surface area contributed by atoms with Gasteiger partial charge in [-0.15, -0.1) is 11.3 Å². The van der Waals surface area contributed by atoms with Crippen LogP contribution in [-0.2, 0) is 28.6 Å². The number of alkyl halides is 3. The third-order valence-electron chi connectivity index (χ3n) is 5.04. The summed E-state index contributed by atoms with van der Waals surface area (Å²) in [6.07, 6.45) is -4.54. The average molecular weight is 510 g/mol. The van der Waals surface area contributed by atoms with Gasteiger partial charge in [0.05, 0.1) is 28.6 Å². The first-order valence-corrected chi connectivity index (χ1v) is 11.5. The highest BCUT2D eigenvalue weighted by molar-refractivity contribution is 7.19. The van der Waals surface area contributed by atoms with Crippen molar-refractivity contribution in [2.45, 2.75) is 25.9 Å². The fourth-order valence-corrected chi connectivity index (χ4v) is 4.63. The summed E-state index contributed by atoms with van der Waals surface area (Å²) < 4.78 is 45.3. The van der Waals surface area contributed by atoms with Gasteiger partial charge >= 0.3 is 6.18 Å².